The van der Waals surface area contributed by atoms with E-state index in [1.165, 1.54) is 14.0 Å². The van der Waals surface area contributed by atoms with Crippen LogP contribution in [0.15, 0.2) is 0 Å². The van der Waals surface area contributed by atoms with Gasteiger partial charge in [-0.3, -0.25) is 0 Å². The van der Waals surface area contributed by atoms with E-state index >= 15 is 0 Å². The van der Waals surface area contributed by atoms with Crippen LogP contribution in [-0.2, 0) is 18.9 Å². The molecule has 1 saturated heterocycles. The zero-order chi connectivity index (χ0) is 26.5. The third-order valence-corrected chi connectivity index (χ3v) is 7.66. The van der Waals surface area contributed by atoms with Crippen molar-refractivity contribution in [3.05, 3.63) is 0 Å². The quantitative estimate of drug-likeness (QED) is 0.121. The van der Waals surface area contributed by atoms with Crippen molar-refractivity contribution in [3.63, 3.8) is 0 Å². The Balaban J connectivity index is 1.73. The summed E-state index contributed by atoms with van der Waals surface area (Å²) in [6.07, 6.45) is -17.6. The summed E-state index contributed by atoms with van der Waals surface area (Å²) in [4.78, 5) is 0. The summed E-state index contributed by atoms with van der Waals surface area (Å²) in [5.74, 6) is -2.44. The topological polar surface area (TPSA) is 259 Å². The van der Waals surface area contributed by atoms with Gasteiger partial charge in [0.1, 0.15) is 42.2 Å². The predicted molar refractivity (Wildman–Crippen MR) is 109 cm³/mol. The second-order valence-electron chi connectivity index (χ2n) is 9.42. The molecule has 0 aromatic heterocycles. The third-order valence-electron chi connectivity index (χ3n) is 7.66. The van der Waals surface area contributed by atoms with Crippen molar-refractivity contribution in [2.45, 2.75) is 85.6 Å². The number of aliphatic hydroxyl groups excluding tert-OH is 9. The van der Waals surface area contributed by atoms with Gasteiger partial charge in [0.15, 0.2) is 18.2 Å². The van der Waals surface area contributed by atoms with Crippen LogP contribution < -0.4 is 0 Å². The van der Waals surface area contributed by atoms with Gasteiger partial charge in [0, 0.05) is 18.9 Å². The molecule has 0 radical (unpaired) electrons. The molecule has 2 aliphatic carbocycles. The first-order chi connectivity index (χ1) is 16.3. The van der Waals surface area contributed by atoms with Crippen molar-refractivity contribution in [1.82, 2.24) is 0 Å². The minimum Gasteiger partial charge on any atom is -0.396 e. The van der Waals surface area contributed by atoms with E-state index in [2.05, 4.69) is 0 Å². The maximum Gasteiger partial charge on any atom is 0.187 e. The van der Waals surface area contributed by atoms with Gasteiger partial charge in [-0.25, -0.2) is 0 Å². The van der Waals surface area contributed by atoms with Crippen LogP contribution in [0.3, 0.4) is 0 Å². The van der Waals surface area contributed by atoms with E-state index in [4.69, 9.17) is 18.9 Å². The maximum absolute atomic E-state index is 10.8. The van der Waals surface area contributed by atoms with Gasteiger partial charge in [-0.1, -0.05) is 0 Å². The van der Waals surface area contributed by atoms with Crippen LogP contribution >= 0.6 is 0 Å². The molecule has 11 N–H and O–H groups in total. The minimum absolute atomic E-state index is 0.594. The molecule has 15 nitrogen and oxygen atoms in total. The molecule has 0 spiro atoms. The van der Waals surface area contributed by atoms with Crippen LogP contribution in [-0.4, -0.2) is 162 Å². The van der Waals surface area contributed by atoms with E-state index < -0.39 is 110 Å². The Labute approximate surface area is 200 Å². The Hall–Kier alpha value is -0.600. The number of rotatable bonds is 10. The zero-order valence-corrected chi connectivity index (χ0v) is 19.2. The lowest BCUT2D eigenvalue weighted by molar-refractivity contribution is -0.396. The summed E-state index contributed by atoms with van der Waals surface area (Å²) in [6, 6.07) is 0. The molecular weight excluding hydrogens is 480 g/mol. The molecular formula is C20H36O15. The summed E-state index contributed by atoms with van der Waals surface area (Å²) in [7, 11) is 1.23. The first kappa shape index (κ1) is 29.0. The van der Waals surface area contributed by atoms with Gasteiger partial charge >= 0.3 is 0 Å². The molecule has 15 heteroatoms. The smallest absolute Gasteiger partial charge is 0.187 e. The van der Waals surface area contributed by atoms with Gasteiger partial charge in [-0.05, 0) is 6.92 Å². The average Bonchev–Trinajstić information content (AvgIpc) is 2.84. The number of hydrogen-bond donors (Lipinski definition) is 11. The largest absolute Gasteiger partial charge is 0.396 e. The zero-order valence-electron chi connectivity index (χ0n) is 19.2. The molecule has 0 aromatic rings. The molecule has 35 heavy (non-hydrogen) atoms. The van der Waals surface area contributed by atoms with Crippen LogP contribution in [0, 0.1) is 11.8 Å². The van der Waals surface area contributed by atoms with E-state index in [-0.39, 0.29) is 0 Å². The van der Waals surface area contributed by atoms with Crippen LogP contribution in [0.2, 0.25) is 0 Å². The summed E-state index contributed by atoms with van der Waals surface area (Å²) in [5.41, 5.74) is -4.61. The lowest BCUT2D eigenvalue weighted by Gasteiger charge is -2.60. The highest BCUT2D eigenvalue weighted by Crippen LogP contribution is 2.48. The predicted octanol–water partition coefficient (Wildman–Crippen LogP) is -6.66. The third kappa shape index (κ3) is 4.41. The van der Waals surface area contributed by atoms with E-state index in [0.717, 1.165) is 0 Å². The van der Waals surface area contributed by atoms with Crippen molar-refractivity contribution in [2.24, 2.45) is 11.8 Å². The van der Waals surface area contributed by atoms with Gasteiger partial charge in [0.2, 0.25) is 0 Å². The fourth-order valence-electron chi connectivity index (χ4n) is 5.18. The molecule has 14 unspecified atom stereocenters. The number of hydrogen-bond acceptors (Lipinski definition) is 15. The first-order valence-corrected chi connectivity index (χ1v) is 11.2. The molecule has 0 bridgehead atoms. The Morgan fingerprint density at radius 3 is 1.94 bits per heavy atom. The van der Waals surface area contributed by atoms with Crippen molar-refractivity contribution in [1.29, 1.82) is 0 Å². The first-order valence-electron chi connectivity index (χ1n) is 11.2. The van der Waals surface area contributed by atoms with Crippen LogP contribution in [0.25, 0.3) is 0 Å². The summed E-state index contributed by atoms with van der Waals surface area (Å²) in [5, 5.41) is 112. The van der Waals surface area contributed by atoms with Crippen molar-refractivity contribution in [2.75, 3.05) is 26.9 Å². The van der Waals surface area contributed by atoms with Gasteiger partial charge in [-0.15, -0.1) is 0 Å². The molecule has 3 fully saturated rings. The monoisotopic (exact) mass is 516 g/mol. The Morgan fingerprint density at radius 2 is 1.43 bits per heavy atom. The Morgan fingerprint density at radius 1 is 0.829 bits per heavy atom. The second-order valence-corrected chi connectivity index (χ2v) is 9.42. The molecule has 1 heterocycles. The summed E-state index contributed by atoms with van der Waals surface area (Å²) in [6.45, 7) is -0.812. The number of aliphatic hydroxyl groups is 11. The van der Waals surface area contributed by atoms with Gasteiger partial charge in [-0.2, -0.15) is 0 Å². The highest BCUT2D eigenvalue weighted by atomic mass is 16.7. The second kappa shape index (κ2) is 10.6. The van der Waals surface area contributed by atoms with E-state index in [9.17, 15) is 56.2 Å². The molecule has 0 amide bonds. The van der Waals surface area contributed by atoms with E-state index in [1.54, 1.807) is 0 Å². The van der Waals surface area contributed by atoms with Crippen molar-refractivity contribution >= 4 is 0 Å². The van der Waals surface area contributed by atoms with E-state index in [0.29, 0.717) is 0 Å². The molecule has 3 aliphatic rings. The number of methoxy groups -OCH3 is 1. The highest BCUT2D eigenvalue weighted by Gasteiger charge is 2.69. The lowest BCUT2D eigenvalue weighted by Crippen LogP contribution is -2.80. The van der Waals surface area contributed by atoms with Gasteiger partial charge in [0.05, 0.1) is 38.1 Å². The molecule has 2 saturated carbocycles. The van der Waals surface area contributed by atoms with Crippen LogP contribution in [0.5, 0.6) is 0 Å². The molecule has 1 aliphatic heterocycles. The standard InChI is InChI=1S/C20H36O15/c1-6(23)19(30)8(5-33-17-12(26)11(25)10(24)9(4-22)34-17)14(16(19)28)35-18(29)20(31)7(3-21)13(32-2)15(20)27/h6-18,21-31H,3-5H2,1-2H3/t6-,7?,8?,9?,10?,11?,12?,13?,14?,15?,16?,17?,18?,19?,20?/m1/s1. The average molecular weight is 516 g/mol. The fraction of sp³-hybridized carbons (Fsp3) is 1.00. The van der Waals surface area contributed by atoms with Gasteiger partial charge < -0.3 is 75.1 Å². The highest BCUT2D eigenvalue weighted by molar-refractivity contribution is 5.17. The fourth-order valence-corrected chi connectivity index (χ4v) is 5.18. The van der Waals surface area contributed by atoms with Gasteiger partial charge in [0.25, 0.3) is 0 Å². The Bertz CT molecular complexity index is 710. The molecule has 206 valence electrons. The number of ether oxygens (including phenoxy) is 4. The molecule has 15 atom stereocenters. The normalized spacial score (nSPS) is 51.9. The lowest BCUT2D eigenvalue weighted by atomic mass is 9.61. The minimum atomic E-state index is -2.38. The summed E-state index contributed by atoms with van der Waals surface area (Å²) >= 11 is 0. The maximum atomic E-state index is 10.8. The summed E-state index contributed by atoms with van der Waals surface area (Å²) < 4.78 is 21.0. The molecule has 3 rings (SSSR count). The van der Waals surface area contributed by atoms with Crippen LogP contribution in [0.4, 0.5) is 0 Å². The SMILES string of the molecule is COC1C(O)C(O)(C(O)OC2C(O)C(O)([C@@H](C)O)C2COC2OC(CO)C(O)C(O)C2O)C1CO. The van der Waals surface area contributed by atoms with Crippen LogP contribution in [0.1, 0.15) is 6.92 Å². The molecule has 0 aromatic carbocycles. The van der Waals surface area contributed by atoms with E-state index in [1.807, 2.05) is 0 Å². The Kier molecular flexibility index (Phi) is 8.81. The van der Waals surface area contributed by atoms with Crippen molar-refractivity contribution < 1.29 is 75.1 Å². The van der Waals surface area contributed by atoms with Crippen molar-refractivity contribution in [3.8, 4) is 0 Å².